The molecule has 2 aromatic rings. The molecule has 18 heavy (non-hydrogen) atoms. The van der Waals surface area contributed by atoms with Crippen LogP contribution >= 0.6 is 0 Å². The van der Waals surface area contributed by atoms with Crippen LogP contribution in [0.3, 0.4) is 0 Å². The van der Waals surface area contributed by atoms with E-state index in [9.17, 15) is 9.90 Å². The topological polar surface area (TPSA) is 59.4 Å². The van der Waals surface area contributed by atoms with Crippen molar-refractivity contribution < 1.29 is 14.6 Å². The van der Waals surface area contributed by atoms with Crippen LogP contribution in [-0.2, 0) is 4.74 Å². The number of nitrogens with zero attached hydrogens (tertiary/aromatic N) is 1. The summed E-state index contributed by atoms with van der Waals surface area (Å²) in [6, 6.07) is 7.38. The van der Waals surface area contributed by atoms with Gasteiger partial charge in [-0.2, -0.15) is 0 Å². The van der Waals surface area contributed by atoms with E-state index in [2.05, 4.69) is 4.98 Å². The molecule has 0 amide bonds. The number of rotatable bonds is 2. The number of carboxylic acid groups (broad SMARTS) is 1. The summed E-state index contributed by atoms with van der Waals surface area (Å²) in [4.78, 5) is 15.4. The lowest BCUT2D eigenvalue weighted by Crippen LogP contribution is -2.01. The maximum atomic E-state index is 11.2. The Kier molecular flexibility index (Phi) is 2.72. The molecule has 1 aliphatic heterocycles. The summed E-state index contributed by atoms with van der Waals surface area (Å²) in [6.45, 7) is 1.50. The SMILES string of the molecule is O=C(O)c1ccnc2ccc([C@H]3CCOC3)cc12. The summed E-state index contributed by atoms with van der Waals surface area (Å²) in [5, 5.41) is 9.89. The van der Waals surface area contributed by atoms with Gasteiger partial charge in [-0.3, -0.25) is 4.98 Å². The van der Waals surface area contributed by atoms with E-state index in [0.717, 1.165) is 24.1 Å². The van der Waals surface area contributed by atoms with Crippen molar-refractivity contribution in [2.75, 3.05) is 13.2 Å². The molecule has 0 spiro atoms. The molecule has 1 aromatic heterocycles. The summed E-state index contributed by atoms with van der Waals surface area (Å²) < 4.78 is 5.37. The quantitative estimate of drug-likeness (QED) is 0.880. The molecular weight excluding hydrogens is 230 g/mol. The van der Waals surface area contributed by atoms with Crippen LogP contribution in [0.25, 0.3) is 10.9 Å². The molecule has 0 bridgehead atoms. The number of aromatic carboxylic acids is 1. The summed E-state index contributed by atoms with van der Waals surface area (Å²) in [7, 11) is 0. The van der Waals surface area contributed by atoms with Crippen molar-refractivity contribution in [1.29, 1.82) is 0 Å². The molecule has 1 fully saturated rings. The summed E-state index contributed by atoms with van der Waals surface area (Å²) in [5.74, 6) is -0.543. The van der Waals surface area contributed by atoms with Crippen LogP contribution < -0.4 is 0 Å². The first-order valence-electron chi connectivity index (χ1n) is 5.95. The fourth-order valence-corrected chi connectivity index (χ4v) is 2.40. The fourth-order valence-electron chi connectivity index (χ4n) is 2.40. The number of ether oxygens (including phenoxy) is 1. The van der Waals surface area contributed by atoms with Gasteiger partial charge in [0.05, 0.1) is 17.7 Å². The molecule has 0 radical (unpaired) electrons. The molecular formula is C14H13NO3. The van der Waals surface area contributed by atoms with E-state index < -0.39 is 5.97 Å². The second-order valence-electron chi connectivity index (χ2n) is 4.50. The van der Waals surface area contributed by atoms with Gasteiger partial charge in [0.2, 0.25) is 0 Å². The average Bonchev–Trinajstić information content (AvgIpc) is 2.91. The lowest BCUT2D eigenvalue weighted by Gasteiger charge is -2.10. The number of carbonyl (C=O) groups is 1. The minimum atomic E-state index is -0.915. The van der Waals surface area contributed by atoms with Gasteiger partial charge >= 0.3 is 5.97 Å². The highest BCUT2D eigenvalue weighted by Gasteiger charge is 2.19. The van der Waals surface area contributed by atoms with Crippen LogP contribution in [-0.4, -0.2) is 29.3 Å². The van der Waals surface area contributed by atoms with E-state index in [0.29, 0.717) is 23.5 Å². The van der Waals surface area contributed by atoms with Gasteiger partial charge < -0.3 is 9.84 Å². The molecule has 3 rings (SSSR count). The molecule has 0 unspecified atom stereocenters. The largest absolute Gasteiger partial charge is 0.478 e. The first kappa shape index (κ1) is 11.2. The van der Waals surface area contributed by atoms with Gasteiger partial charge in [0.1, 0.15) is 0 Å². The minimum Gasteiger partial charge on any atom is -0.478 e. The lowest BCUT2D eigenvalue weighted by molar-refractivity contribution is 0.0699. The highest BCUT2D eigenvalue weighted by atomic mass is 16.5. The van der Waals surface area contributed by atoms with Crippen molar-refractivity contribution in [2.45, 2.75) is 12.3 Å². The van der Waals surface area contributed by atoms with Crippen LogP contribution in [0.5, 0.6) is 0 Å². The number of fused-ring (bicyclic) bond motifs is 1. The van der Waals surface area contributed by atoms with Gasteiger partial charge in [-0.05, 0) is 30.2 Å². The number of pyridine rings is 1. The van der Waals surface area contributed by atoms with E-state index in [1.54, 1.807) is 6.07 Å². The molecule has 1 aliphatic rings. The van der Waals surface area contributed by atoms with Gasteiger partial charge in [-0.15, -0.1) is 0 Å². The van der Waals surface area contributed by atoms with Crippen molar-refractivity contribution >= 4 is 16.9 Å². The summed E-state index contributed by atoms with van der Waals surface area (Å²) in [5.41, 5.74) is 2.16. The van der Waals surface area contributed by atoms with Crippen molar-refractivity contribution in [3.8, 4) is 0 Å². The minimum absolute atomic E-state index is 0.306. The van der Waals surface area contributed by atoms with E-state index in [1.807, 2.05) is 18.2 Å². The van der Waals surface area contributed by atoms with E-state index in [-0.39, 0.29) is 0 Å². The van der Waals surface area contributed by atoms with Gasteiger partial charge in [0.25, 0.3) is 0 Å². The molecule has 4 nitrogen and oxygen atoms in total. The molecule has 92 valence electrons. The van der Waals surface area contributed by atoms with E-state index in [1.165, 1.54) is 6.20 Å². The number of aromatic nitrogens is 1. The van der Waals surface area contributed by atoms with Gasteiger partial charge in [0, 0.05) is 24.1 Å². The molecule has 1 N–H and O–H groups in total. The third kappa shape index (κ3) is 1.84. The predicted molar refractivity (Wildman–Crippen MR) is 66.9 cm³/mol. The average molecular weight is 243 g/mol. The normalized spacial score (nSPS) is 19.2. The van der Waals surface area contributed by atoms with E-state index >= 15 is 0 Å². The second-order valence-corrected chi connectivity index (χ2v) is 4.50. The smallest absolute Gasteiger partial charge is 0.336 e. The van der Waals surface area contributed by atoms with Gasteiger partial charge in [-0.1, -0.05) is 6.07 Å². The number of hydrogen-bond donors (Lipinski definition) is 1. The standard InChI is InChI=1S/C14H13NO3/c16-14(17)11-3-5-15-13-2-1-9(7-12(11)13)10-4-6-18-8-10/h1-3,5,7,10H,4,6,8H2,(H,16,17)/t10-/m0/s1. The first-order valence-corrected chi connectivity index (χ1v) is 5.95. The van der Waals surface area contributed by atoms with Gasteiger partial charge in [0.15, 0.2) is 0 Å². The molecule has 1 atom stereocenters. The Hall–Kier alpha value is -1.94. The number of benzene rings is 1. The fraction of sp³-hybridized carbons (Fsp3) is 0.286. The first-order chi connectivity index (χ1) is 8.75. The van der Waals surface area contributed by atoms with Crippen molar-refractivity contribution in [3.63, 3.8) is 0 Å². The molecule has 1 aromatic carbocycles. The highest BCUT2D eigenvalue weighted by Crippen LogP contribution is 2.28. The van der Waals surface area contributed by atoms with Crippen LogP contribution in [0.4, 0.5) is 0 Å². The number of carboxylic acids is 1. The third-order valence-electron chi connectivity index (χ3n) is 3.40. The van der Waals surface area contributed by atoms with Crippen LogP contribution in [0, 0.1) is 0 Å². The molecule has 1 saturated heterocycles. The molecule has 0 aliphatic carbocycles. The van der Waals surface area contributed by atoms with Crippen molar-refractivity contribution in [1.82, 2.24) is 4.98 Å². The zero-order valence-corrected chi connectivity index (χ0v) is 9.80. The summed E-state index contributed by atoms with van der Waals surface area (Å²) >= 11 is 0. The molecule has 4 heteroatoms. The van der Waals surface area contributed by atoms with Crippen LogP contribution in [0.15, 0.2) is 30.5 Å². The van der Waals surface area contributed by atoms with Gasteiger partial charge in [-0.25, -0.2) is 4.79 Å². The van der Waals surface area contributed by atoms with E-state index in [4.69, 9.17) is 4.74 Å². The molecule has 2 heterocycles. The zero-order valence-electron chi connectivity index (χ0n) is 9.80. The Bertz CT molecular complexity index is 603. The highest BCUT2D eigenvalue weighted by molar-refractivity contribution is 6.02. The Balaban J connectivity index is 2.14. The van der Waals surface area contributed by atoms with Crippen LogP contribution in [0.1, 0.15) is 28.3 Å². The summed E-state index contributed by atoms with van der Waals surface area (Å²) in [6.07, 6.45) is 2.53. The zero-order chi connectivity index (χ0) is 12.5. The number of hydrogen-bond acceptors (Lipinski definition) is 3. The lowest BCUT2D eigenvalue weighted by atomic mass is 9.96. The Labute approximate surface area is 104 Å². The third-order valence-corrected chi connectivity index (χ3v) is 3.40. The monoisotopic (exact) mass is 243 g/mol. The predicted octanol–water partition coefficient (Wildman–Crippen LogP) is 2.44. The van der Waals surface area contributed by atoms with Crippen molar-refractivity contribution in [2.24, 2.45) is 0 Å². The van der Waals surface area contributed by atoms with Crippen molar-refractivity contribution in [3.05, 3.63) is 41.6 Å². The Morgan fingerprint density at radius 1 is 1.39 bits per heavy atom. The Morgan fingerprint density at radius 2 is 2.28 bits per heavy atom. The maximum Gasteiger partial charge on any atom is 0.336 e. The second kappa shape index (κ2) is 4.38. The Morgan fingerprint density at radius 3 is 3.00 bits per heavy atom. The maximum absolute atomic E-state index is 11.2. The molecule has 0 saturated carbocycles. The van der Waals surface area contributed by atoms with Crippen LogP contribution in [0.2, 0.25) is 0 Å².